The Labute approximate surface area is 83.1 Å². The third-order valence-electron chi connectivity index (χ3n) is 1.73. The van der Waals surface area contributed by atoms with Gasteiger partial charge in [-0.2, -0.15) is 0 Å². The minimum absolute atomic E-state index is 0.248. The van der Waals surface area contributed by atoms with Crippen molar-refractivity contribution in [2.75, 3.05) is 5.32 Å². The third kappa shape index (κ3) is 2.39. The Morgan fingerprint density at radius 3 is 2.93 bits per heavy atom. The Kier molecular flexibility index (Phi) is 3.34. The summed E-state index contributed by atoms with van der Waals surface area (Å²) in [6.45, 7) is 7.39. The highest BCUT2D eigenvalue weighted by atomic mass is 16.1. The van der Waals surface area contributed by atoms with E-state index in [1.54, 1.807) is 6.20 Å². The average Bonchev–Trinajstić information content (AvgIpc) is 2.18. The SMILES string of the molecule is C=CC(=O)Nc1cncnc1C(C)C. The topological polar surface area (TPSA) is 54.9 Å². The molecule has 0 aromatic carbocycles. The Bertz CT molecular complexity index is 347. The fourth-order valence-electron chi connectivity index (χ4n) is 1.08. The van der Waals surface area contributed by atoms with E-state index in [0.717, 1.165) is 5.69 Å². The first-order valence-corrected chi connectivity index (χ1v) is 4.38. The van der Waals surface area contributed by atoms with Gasteiger partial charge in [-0.05, 0) is 12.0 Å². The van der Waals surface area contributed by atoms with Crippen molar-refractivity contribution in [3.05, 3.63) is 30.9 Å². The Morgan fingerprint density at radius 1 is 1.64 bits per heavy atom. The lowest BCUT2D eigenvalue weighted by atomic mass is 10.1. The summed E-state index contributed by atoms with van der Waals surface area (Å²) in [6, 6.07) is 0. The number of carbonyl (C=O) groups is 1. The Balaban J connectivity index is 2.95. The second-order valence-electron chi connectivity index (χ2n) is 3.17. The van der Waals surface area contributed by atoms with Gasteiger partial charge in [0.15, 0.2) is 0 Å². The minimum atomic E-state index is -0.248. The smallest absolute Gasteiger partial charge is 0.247 e. The summed E-state index contributed by atoms with van der Waals surface area (Å²) in [6.07, 6.45) is 4.28. The maximum Gasteiger partial charge on any atom is 0.247 e. The molecule has 14 heavy (non-hydrogen) atoms. The molecule has 0 unspecified atom stereocenters. The van der Waals surface area contributed by atoms with Crippen LogP contribution in [0.4, 0.5) is 5.69 Å². The largest absolute Gasteiger partial charge is 0.320 e. The van der Waals surface area contributed by atoms with Crippen LogP contribution in [-0.4, -0.2) is 15.9 Å². The number of nitrogens with one attached hydrogen (secondary N) is 1. The molecule has 0 aliphatic carbocycles. The highest BCUT2D eigenvalue weighted by Crippen LogP contribution is 2.19. The molecule has 1 N–H and O–H groups in total. The second kappa shape index (κ2) is 4.50. The zero-order chi connectivity index (χ0) is 10.6. The third-order valence-corrected chi connectivity index (χ3v) is 1.73. The predicted molar refractivity (Wildman–Crippen MR) is 54.9 cm³/mol. The molecule has 4 heteroatoms. The van der Waals surface area contributed by atoms with Crippen LogP contribution < -0.4 is 5.32 Å². The molecule has 0 saturated carbocycles. The fraction of sp³-hybridized carbons (Fsp3) is 0.300. The molecule has 0 aliphatic heterocycles. The second-order valence-corrected chi connectivity index (χ2v) is 3.17. The number of hydrogen-bond donors (Lipinski definition) is 1. The summed E-state index contributed by atoms with van der Waals surface area (Å²) in [5.74, 6) is -0.000171. The molecule has 1 heterocycles. The molecule has 0 radical (unpaired) electrons. The van der Waals surface area contributed by atoms with Crippen molar-refractivity contribution in [1.82, 2.24) is 9.97 Å². The van der Waals surface area contributed by atoms with Crippen molar-refractivity contribution in [3.8, 4) is 0 Å². The number of anilines is 1. The number of rotatable bonds is 3. The molecule has 0 aliphatic rings. The molecule has 1 rings (SSSR count). The molecular formula is C10H13N3O. The highest BCUT2D eigenvalue weighted by molar-refractivity contribution is 5.99. The van der Waals surface area contributed by atoms with E-state index in [-0.39, 0.29) is 11.8 Å². The van der Waals surface area contributed by atoms with Crippen LogP contribution in [0.25, 0.3) is 0 Å². The molecule has 1 aromatic heterocycles. The van der Waals surface area contributed by atoms with Gasteiger partial charge < -0.3 is 5.32 Å². The first-order valence-electron chi connectivity index (χ1n) is 4.38. The van der Waals surface area contributed by atoms with Crippen LogP contribution in [0.2, 0.25) is 0 Å². The van der Waals surface area contributed by atoms with E-state index in [4.69, 9.17) is 0 Å². The minimum Gasteiger partial charge on any atom is -0.320 e. The predicted octanol–water partition coefficient (Wildman–Crippen LogP) is 1.72. The van der Waals surface area contributed by atoms with Crippen LogP contribution in [0.15, 0.2) is 25.2 Å². The molecule has 0 bridgehead atoms. The molecule has 0 atom stereocenters. The van der Waals surface area contributed by atoms with Gasteiger partial charge >= 0.3 is 0 Å². The van der Waals surface area contributed by atoms with Gasteiger partial charge in [-0.3, -0.25) is 4.79 Å². The summed E-state index contributed by atoms with van der Waals surface area (Å²) in [7, 11) is 0. The van der Waals surface area contributed by atoms with Gasteiger partial charge in [0.2, 0.25) is 5.91 Å². The maximum atomic E-state index is 11.1. The van der Waals surface area contributed by atoms with Crippen LogP contribution in [0.3, 0.4) is 0 Å². The van der Waals surface area contributed by atoms with Crippen LogP contribution in [-0.2, 0) is 4.79 Å². The fourth-order valence-corrected chi connectivity index (χ4v) is 1.08. The monoisotopic (exact) mass is 191 g/mol. The summed E-state index contributed by atoms with van der Waals surface area (Å²) in [5, 5.41) is 2.66. The van der Waals surface area contributed by atoms with Gasteiger partial charge in [-0.15, -0.1) is 0 Å². The lowest BCUT2D eigenvalue weighted by Gasteiger charge is -2.10. The number of aromatic nitrogens is 2. The van der Waals surface area contributed by atoms with Gasteiger partial charge in [0.05, 0.1) is 17.6 Å². The van der Waals surface area contributed by atoms with Gasteiger partial charge in [0.1, 0.15) is 6.33 Å². The summed E-state index contributed by atoms with van der Waals surface area (Å²) >= 11 is 0. The van der Waals surface area contributed by atoms with Crippen LogP contribution in [0.1, 0.15) is 25.5 Å². The van der Waals surface area contributed by atoms with Crippen LogP contribution in [0, 0.1) is 0 Å². The standard InChI is InChI=1S/C10H13N3O/c1-4-9(14)13-8-5-11-6-12-10(8)7(2)3/h4-7H,1H2,2-3H3,(H,13,14). The zero-order valence-corrected chi connectivity index (χ0v) is 8.32. The van der Waals surface area contributed by atoms with Gasteiger partial charge in [0.25, 0.3) is 0 Å². The van der Waals surface area contributed by atoms with Crippen molar-refractivity contribution in [2.45, 2.75) is 19.8 Å². The molecule has 1 aromatic rings. The number of hydrogen-bond acceptors (Lipinski definition) is 3. The van der Waals surface area contributed by atoms with Crippen LogP contribution >= 0.6 is 0 Å². The van der Waals surface area contributed by atoms with E-state index in [9.17, 15) is 4.79 Å². The van der Waals surface area contributed by atoms with Gasteiger partial charge in [0, 0.05) is 0 Å². The van der Waals surface area contributed by atoms with Crippen molar-refractivity contribution in [3.63, 3.8) is 0 Å². The first kappa shape index (κ1) is 10.4. The summed E-state index contributed by atoms with van der Waals surface area (Å²) < 4.78 is 0. The number of amides is 1. The van der Waals surface area contributed by atoms with Crippen molar-refractivity contribution in [2.24, 2.45) is 0 Å². The number of carbonyl (C=O) groups excluding carboxylic acids is 1. The Hall–Kier alpha value is -1.71. The van der Waals surface area contributed by atoms with E-state index < -0.39 is 0 Å². The molecular weight excluding hydrogens is 178 g/mol. The highest BCUT2D eigenvalue weighted by Gasteiger charge is 2.08. The van der Waals surface area contributed by atoms with E-state index >= 15 is 0 Å². The lowest BCUT2D eigenvalue weighted by molar-refractivity contribution is -0.111. The van der Waals surface area contributed by atoms with E-state index in [0.29, 0.717) is 5.69 Å². The molecule has 0 fully saturated rings. The average molecular weight is 191 g/mol. The zero-order valence-electron chi connectivity index (χ0n) is 8.32. The van der Waals surface area contributed by atoms with Gasteiger partial charge in [-0.1, -0.05) is 20.4 Å². The number of nitrogens with zero attached hydrogens (tertiary/aromatic N) is 2. The van der Waals surface area contributed by atoms with E-state index in [1.807, 2.05) is 13.8 Å². The molecule has 0 spiro atoms. The van der Waals surface area contributed by atoms with E-state index in [1.165, 1.54) is 12.4 Å². The molecule has 0 saturated heterocycles. The van der Waals surface area contributed by atoms with Crippen molar-refractivity contribution in [1.29, 1.82) is 0 Å². The lowest BCUT2D eigenvalue weighted by Crippen LogP contribution is -2.11. The summed E-state index contributed by atoms with van der Waals surface area (Å²) in [5.41, 5.74) is 1.47. The van der Waals surface area contributed by atoms with Crippen molar-refractivity contribution >= 4 is 11.6 Å². The van der Waals surface area contributed by atoms with Crippen LogP contribution in [0.5, 0.6) is 0 Å². The first-order chi connectivity index (χ1) is 6.65. The normalized spacial score (nSPS) is 9.93. The van der Waals surface area contributed by atoms with E-state index in [2.05, 4.69) is 21.9 Å². The molecule has 1 amide bonds. The van der Waals surface area contributed by atoms with Crippen molar-refractivity contribution < 1.29 is 4.79 Å². The molecule has 4 nitrogen and oxygen atoms in total. The summed E-state index contributed by atoms with van der Waals surface area (Å²) in [4.78, 5) is 19.0. The van der Waals surface area contributed by atoms with Gasteiger partial charge in [-0.25, -0.2) is 9.97 Å². The maximum absolute atomic E-state index is 11.1. The molecule has 74 valence electrons. The Morgan fingerprint density at radius 2 is 2.36 bits per heavy atom. The quantitative estimate of drug-likeness (QED) is 0.740.